The van der Waals surface area contributed by atoms with Crippen LogP contribution >= 0.6 is 0 Å². The molecule has 3 rings (SSSR count). The Morgan fingerprint density at radius 1 is 0.581 bits per heavy atom. The van der Waals surface area contributed by atoms with E-state index >= 15 is 0 Å². The second-order valence-electron chi connectivity index (χ2n) is 6.60. The van der Waals surface area contributed by atoms with E-state index in [1.807, 2.05) is 0 Å². The molecule has 0 saturated carbocycles. The fraction of sp³-hybridized carbons (Fsp3) is 0.100. The Hall–Kier alpha value is -2.37. The summed E-state index contributed by atoms with van der Waals surface area (Å²) in [6, 6.07) is 11.1. The van der Waals surface area contributed by atoms with E-state index in [2.05, 4.69) is 0 Å². The number of benzene rings is 3. The van der Waals surface area contributed by atoms with Crippen LogP contribution in [-0.4, -0.2) is 29.3 Å². The van der Waals surface area contributed by atoms with Gasteiger partial charge in [0, 0.05) is 36.8 Å². The Labute approximate surface area is 179 Å². The van der Waals surface area contributed by atoms with Crippen molar-refractivity contribution in [2.75, 3.05) is 12.5 Å². The molecule has 0 saturated heterocycles. The van der Waals surface area contributed by atoms with Crippen molar-refractivity contribution in [1.82, 2.24) is 0 Å². The lowest BCUT2D eigenvalue weighted by atomic mass is 10.3. The van der Waals surface area contributed by atoms with E-state index in [1.54, 1.807) is 30.3 Å². The SMILES string of the molecule is CS(=O)(=O)c1c(F)cc([S+](c2ccccc2)c2cc(F)c(S(C)(=O)=O)c(F)c2)cc1F. The Bertz CT molecular complexity index is 1240. The van der Waals surface area contributed by atoms with Crippen LogP contribution < -0.4 is 0 Å². The first-order valence-corrected chi connectivity index (χ1v) is 13.5. The Morgan fingerprint density at radius 3 is 1.19 bits per heavy atom. The number of sulfone groups is 2. The van der Waals surface area contributed by atoms with Gasteiger partial charge in [-0.2, -0.15) is 0 Å². The molecular formula is C20H15F4O4S3+. The summed E-state index contributed by atoms with van der Waals surface area (Å²) in [6.07, 6.45) is 1.31. The first kappa shape index (κ1) is 23.3. The molecule has 0 unspecified atom stereocenters. The Morgan fingerprint density at radius 2 is 0.903 bits per heavy atom. The maximum atomic E-state index is 14.5. The largest absolute Gasteiger partial charge is 0.224 e. The van der Waals surface area contributed by atoms with Gasteiger partial charge in [-0.15, -0.1) is 0 Å². The summed E-state index contributed by atoms with van der Waals surface area (Å²) in [6.45, 7) is 0. The quantitative estimate of drug-likeness (QED) is 0.397. The molecule has 0 N–H and O–H groups in total. The van der Waals surface area contributed by atoms with E-state index in [-0.39, 0.29) is 9.79 Å². The summed E-state index contributed by atoms with van der Waals surface area (Å²) in [5.41, 5.74) is 0. The highest BCUT2D eigenvalue weighted by Crippen LogP contribution is 2.35. The zero-order chi connectivity index (χ0) is 23.1. The lowest BCUT2D eigenvalue weighted by molar-refractivity contribution is 0.516. The third-order valence-corrected chi connectivity index (χ3v) is 8.56. The Balaban J connectivity index is 2.31. The van der Waals surface area contributed by atoms with E-state index in [1.165, 1.54) is 0 Å². The van der Waals surface area contributed by atoms with Gasteiger partial charge in [0.2, 0.25) is 0 Å². The highest BCUT2D eigenvalue weighted by atomic mass is 32.2. The zero-order valence-electron chi connectivity index (χ0n) is 16.1. The lowest BCUT2D eigenvalue weighted by Gasteiger charge is -2.11. The van der Waals surface area contributed by atoms with Gasteiger partial charge < -0.3 is 0 Å². The van der Waals surface area contributed by atoms with E-state index in [0.717, 1.165) is 24.3 Å². The van der Waals surface area contributed by atoms with Crippen LogP contribution in [0.3, 0.4) is 0 Å². The summed E-state index contributed by atoms with van der Waals surface area (Å²) in [7, 11) is -9.89. The molecule has 0 spiro atoms. The van der Waals surface area contributed by atoms with Crippen LogP contribution in [0.2, 0.25) is 0 Å². The fourth-order valence-corrected chi connectivity index (χ4v) is 6.77. The molecule has 0 aliphatic rings. The van der Waals surface area contributed by atoms with Crippen molar-refractivity contribution in [2.24, 2.45) is 0 Å². The molecule has 0 radical (unpaired) electrons. The van der Waals surface area contributed by atoms with Gasteiger partial charge in [-0.3, -0.25) is 0 Å². The molecule has 3 aromatic rings. The van der Waals surface area contributed by atoms with Gasteiger partial charge in [0.25, 0.3) is 0 Å². The van der Waals surface area contributed by atoms with Crippen LogP contribution in [0.5, 0.6) is 0 Å². The molecule has 0 bridgehead atoms. The second-order valence-corrected chi connectivity index (χ2v) is 12.5. The van der Waals surface area contributed by atoms with Gasteiger partial charge in [0.15, 0.2) is 34.4 Å². The van der Waals surface area contributed by atoms with Crippen molar-refractivity contribution in [3.63, 3.8) is 0 Å². The minimum Gasteiger partial charge on any atom is -0.224 e. The van der Waals surface area contributed by atoms with Crippen LogP contribution in [0.25, 0.3) is 0 Å². The van der Waals surface area contributed by atoms with Crippen LogP contribution in [-0.2, 0) is 30.6 Å². The molecule has 0 amide bonds. The van der Waals surface area contributed by atoms with Crippen LogP contribution in [0.15, 0.2) is 79.1 Å². The van der Waals surface area contributed by atoms with Gasteiger partial charge >= 0.3 is 0 Å². The van der Waals surface area contributed by atoms with Crippen LogP contribution in [0.4, 0.5) is 17.6 Å². The van der Waals surface area contributed by atoms with Crippen molar-refractivity contribution in [2.45, 2.75) is 24.5 Å². The number of rotatable bonds is 5. The molecular weight excluding hydrogens is 476 g/mol. The standard InChI is InChI=1S/C20H15F4O4S3/c1-30(25,26)19-15(21)8-13(9-16(19)22)29(12-6-4-3-5-7-12)14-10-17(23)20(18(24)11-14)31(2,27)28/h3-11H,1-2H3/q+1. The number of hydrogen-bond donors (Lipinski definition) is 0. The molecule has 0 aliphatic heterocycles. The molecule has 0 aliphatic carbocycles. The summed E-state index contributed by atoms with van der Waals surface area (Å²) in [5.74, 6) is -5.39. The average molecular weight is 492 g/mol. The molecule has 3 aromatic carbocycles. The van der Waals surface area contributed by atoms with Gasteiger partial charge in [0.1, 0.15) is 33.1 Å². The molecule has 0 heterocycles. The minimum absolute atomic E-state index is 0.0838. The first-order valence-electron chi connectivity index (χ1n) is 8.48. The van der Waals surface area contributed by atoms with Crippen molar-refractivity contribution in [3.8, 4) is 0 Å². The molecule has 11 heteroatoms. The number of halogens is 4. The maximum absolute atomic E-state index is 14.5. The lowest BCUT2D eigenvalue weighted by Crippen LogP contribution is -2.12. The molecule has 4 nitrogen and oxygen atoms in total. The van der Waals surface area contributed by atoms with Crippen molar-refractivity contribution in [1.29, 1.82) is 0 Å². The number of hydrogen-bond acceptors (Lipinski definition) is 4. The van der Waals surface area contributed by atoms with E-state index < -0.39 is 63.6 Å². The summed E-state index contributed by atoms with van der Waals surface area (Å²) in [5, 5.41) is 0. The molecule has 0 aromatic heterocycles. The normalized spacial score (nSPS) is 12.4. The van der Waals surface area contributed by atoms with Crippen molar-refractivity contribution >= 4 is 30.6 Å². The highest BCUT2D eigenvalue weighted by molar-refractivity contribution is 7.97. The van der Waals surface area contributed by atoms with Gasteiger partial charge in [-0.1, -0.05) is 18.2 Å². The molecule has 164 valence electrons. The molecule has 31 heavy (non-hydrogen) atoms. The third kappa shape index (κ3) is 4.78. The zero-order valence-corrected chi connectivity index (χ0v) is 18.5. The van der Waals surface area contributed by atoms with Crippen LogP contribution in [0.1, 0.15) is 0 Å². The highest BCUT2D eigenvalue weighted by Gasteiger charge is 2.35. The van der Waals surface area contributed by atoms with Crippen LogP contribution in [0, 0.1) is 23.3 Å². The van der Waals surface area contributed by atoms with E-state index in [0.29, 0.717) is 17.4 Å². The second kappa shape index (κ2) is 8.29. The smallest absolute Gasteiger partial charge is 0.181 e. The van der Waals surface area contributed by atoms with Crippen molar-refractivity contribution in [3.05, 3.63) is 77.9 Å². The summed E-state index contributed by atoms with van der Waals surface area (Å²) < 4.78 is 105. The summed E-state index contributed by atoms with van der Waals surface area (Å²) in [4.78, 5) is -1.98. The topological polar surface area (TPSA) is 68.3 Å². The monoisotopic (exact) mass is 491 g/mol. The van der Waals surface area contributed by atoms with Crippen molar-refractivity contribution < 1.29 is 34.4 Å². The fourth-order valence-electron chi connectivity index (χ4n) is 2.98. The predicted molar refractivity (Wildman–Crippen MR) is 108 cm³/mol. The van der Waals surface area contributed by atoms with E-state index in [9.17, 15) is 34.4 Å². The molecule has 0 fully saturated rings. The van der Waals surface area contributed by atoms with E-state index in [4.69, 9.17) is 0 Å². The predicted octanol–water partition coefficient (Wildman–Crippen LogP) is 4.15. The third-order valence-electron chi connectivity index (χ3n) is 4.14. The summed E-state index contributed by atoms with van der Waals surface area (Å²) >= 11 is 0. The Kier molecular flexibility index (Phi) is 6.23. The minimum atomic E-state index is -4.20. The first-order chi connectivity index (χ1) is 14.3. The van der Waals surface area contributed by atoms with Gasteiger partial charge in [-0.05, 0) is 12.1 Å². The molecule has 0 atom stereocenters. The maximum Gasteiger partial charge on any atom is 0.181 e. The average Bonchev–Trinajstić information content (AvgIpc) is 2.59. The van der Waals surface area contributed by atoms with Gasteiger partial charge in [0.05, 0.1) is 10.9 Å². The van der Waals surface area contributed by atoms with Gasteiger partial charge in [-0.25, -0.2) is 34.4 Å².